The summed E-state index contributed by atoms with van der Waals surface area (Å²) in [6, 6.07) is 9.75. The molecule has 0 aliphatic rings. The van der Waals surface area contributed by atoms with Crippen LogP contribution in [-0.2, 0) is 16.4 Å². The van der Waals surface area contributed by atoms with E-state index in [1.54, 1.807) is 24.3 Å². The van der Waals surface area contributed by atoms with E-state index in [0.29, 0.717) is 22.5 Å². The molecule has 0 saturated heterocycles. The van der Waals surface area contributed by atoms with Gasteiger partial charge in [-0.25, -0.2) is 13.1 Å². The van der Waals surface area contributed by atoms with E-state index in [9.17, 15) is 18.0 Å². The van der Waals surface area contributed by atoms with Crippen molar-refractivity contribution in [3.63, 3.8) is 0 Å². The molecule has 1 heterocycles. The Bertz CT molecular complexity index is 842. The molecule has 0 aliphatic heterocycles. The van der Waals surface area contributed by atoms with Crippen molar-refractivity contribution in [2.45, 2.75) is 6.42 Å². The van der Waals surface area contributed by atoms with Crippen LogP contribution in [0.1, 0.15) is 24.9 Å². The number of anilines is 1. The van der Waals surface area contributed by atoms with Crippen LogP contribution >= 0.6 is 11.3 Å². The first-order chi connectivity index (χ1) is 11.2. The van der Waals surface area contributed by atoms with Gasteiger partial charge in [-0.3, -0.25) is 9.59 Å². The van der Waals surface area contributed by atoms with E-state index >= 15 is 0 Å². The molecule has 2 aromatic rings. The third-order valence-corrected chi connectivity index (χ3v) is 4.92. The molecule has 1 aromatic heterocycles. The molecule has 2 amide bonds. The van der Waals surface area contributed by atoms with Crippen LogP contribution in [0.5, 0.6) is 0 Å². The summed E-state index contributed by atoms with van der Waals surface area (Å²) in [4.78, 5) is 24.6. The smallest absolute Gasteiger partial charge is 0.265 e. The van der Waals surface area contributed by atoms with Gasteiger partial charge in [0, 0.05) is 22.7 Å². The minimum atomic E-state index is -3.21. The summed E-state index contributed by atoms with van der Waals surface area (Å²) in [5, 5.41) is 2.73. The van der Waals surface area contributed by atoms with Crippen molar-refractivity contribution >= 4 is 38.9 Å². The lowest BCUT2D eigenvalue weighted by atomic mass is 10.2. The Kier molecular flexibility index (Phi) is 5.71. The van der Waals surface area contributed by atoms with Gasteiger partial charge in [-0.15, -0.1) is 11.3 Å². The molecule has 9 heteroatoms. The zero-order valence-electron chi connectivity index (χ0n) is 12.9. The average molecular weight is 367 g/mol. The standard InChI is InChI=1S/C15H17N3O4S2/c1-24(21,22)17-9-8-12-6-7-13(23-12)15(20)18-11-4-2-10(3-5-11)14(16)19/h2-7,17H,8-9H2,1H3,(H2,16,19)(H,18,20). The first kappa shape index (κ1) is 18.1. The van der Waals surface area contributed by atoms with E-state index < -0.39 is 15.9 Å². The van der Waals surface area contributed by atoms with E-state index in [4.69, 9.17) is 5.73 Å². The SMILES string of the molecule is CS(=O)(=O)NCCc1ccc(C(=O)Nc2ccc(C(N)=O)cc2)s1. The van der Waals surface area contributed by atoms with E-state index in [0.717, 1.165) is 11.1 Å². The molecule has 0 radical (unpaired) electrons. The van der Waals surface area contributed by atoms with E-state index in [2.05, 4.69) is 10.0 Å². The van der Waals surface area contributed by atoms with Gasteiger partial charge in [0.05, 0.1) is 11.1 Å². The van der Waals surface area contributed by atoms with Crippen LogP contribution in [0.3, 0.4) is 0 Å². The first-order valence-electron chi connectivity index (χ1n) is 6.99. The van der Waals surface area contributed by atoms with Gasteiger partial charge in [0.1, 0.15) is 0 Å². The van der Waals surface area contributed by atoms with Gasteiger partial charge in [0.2, 0.25) is 15.9 Å². The number of benzene rings is 1. The van der Waals surface area contributed by atoms with Gasteiger partial charge in [-0.05, 0) is 42.8 Å². The Morgan fingerprint density at radius 2 is 1.79 bits per heavy atom. The summed E-state index contributed by atoms with van der Waals surface area (Å²) in [7, 11) is -3.21. The molecule has 7 nitrogen and oxygen atoms in total. The maximum atomic E-state index is 12.2. The van der Waals surface area contributed by atoms with Crippen molar-refractivity contribution in [3.05, 3.63) is 51.7 Å². The molecular weight excluding hydrogens is 350 g/mol. The van der Waals surface area contributed by atoms with Crippen molar-refractivity contribution in [1.82, 2.24) is 4.72 Å². The first-order valence-corrected chi connectivity index (χ1v) is 9.70. The summed E-state index contributed by atoms with van der Waals surface area (Å²) in [6.45, 7) is 0.287. The highest BCUT2D eigenvalue weighted by molar-refractivity contribution is 7.88. The second-order valence-corrected chi connectivity index (χ2v) is 8.08. The summed E-state index contributed by atoms with van der Waals surface area (Å²) in [5.41, 5.74) is 6.08. The van der Waals surface area contributed by atoms with Crippen molar-refractivity contribution in [1.29, 1.82) is 0 Å². The number of thiophene rings is 1. The highest BCUT2D eigenvalue weighted by atomic mass is 32.2. The molecule has 0 fully saturated rings. The Balaban J connectivity index is 1.94. The number of hydrogen-bond donors (Lipinski definition) is 3. The quantitative estimate of drug-likeness (QED) is 0.681. The lowest BCUT2D eigenvalue weighted by molar-refractivity contribution is 0.0998. The Morgan fingerprint density at radius 3 is 2.38 bits per heavy atom. The highest BCUT2D eigenvalue weighted by Crippen LogP contribution is 2.19. The fourth-order valence-corrected chi connectivity index (χ4v) is 3.28. The number of rotatable bonds is 7. The number of hydrogen-bond acceptors (Lipinski definition) is 5. The van der Waals surface area contributed by atoms with Crippen LogP contribution < -0.4 is 15.8 Å². The second-order valence-electron chi connectivity index (χ2n) is 5.08. The number of carbonyl (C=O) groups excluding carboxylic acids is 2. The summed E-state index contributed by atoms with van der Waals surface area (Å²) in [6.07, 6.45) is 1.61. The van der Waals surface area contributed by atoms with Crippen molar-refractivity contribution < 1.29 is 18.0 Å². The monoisotopic (exact) mass is 367 g/mol. The second kappa shape index (κ2) is 7.56. The largest absolute Gasteiger partial charge is 0.366 e. The molecule has 4 N–H and O–H groups in total. The van der Waals surface area contributed by atoms with E-state index in [1.165, 1.54) is 23.5 Å². The Labute approximate surface area is 143 Å². The maximum absolute atomic E-state index is 12.2. The van der Waals surface area contributed by atoms with Crippen LogP contribution in [0, 0.1) is 0 Å². The number of sulfonamides is 1. The minimum absolute atomic E-state index is 0.269. The molecule has 0 aliphatic carbocycles. The number of carbonyl (C=O) groups is 2. The minimum Gasteiger partial charge on any atom is -0.366 e. The summed E-state index contributed by atoms with van der Waals surface area (Å²) in [5.74, 6) is -0.798. The van der Waals surface area contributed by atoms with Crippen molar-refractivity contribution in [2.75, 3.05) is 18.1 Å². The van der Waals surface area contributed by atoms with Crippen LogP contribution in [-0.4, -0.2) is 33.0 Å². The number of nitrogens with two attached hydrogens (primary N) is 1. The van der Waals surface area contributed by atoms with Crippen LogP contribution in [0.25, 0.3) is 0 Å². The third-order valence-electron chi connectivity index (χ3n) is 3.05. The fraction of sp³-hybridized carbons (Fsp3) is 0.200. The number of amides is 2. The molecule has 0 unspecified atom stereocenters. The number of nitrogens with one attached hydrogen (secondary N) is 2. The topological polar surface area (TPSA) is 118 Å². The predicted molar refractivity (Wildman–Crippen MR) is 93.8 cm³/mol. The molecule has 24 heavy (non-hydrogen) atoms. The van der Waals surface area contributed by atoms with Crippen LogP contribution in [0.2, 0.25) is 0 Å². The highest BCUT2D eigenvalue weighted by Gasteiger charge is 2.10. The van der Waals surface area contributed by atoms with E-state index in [1.807, 2.05) is 0 Å². The normalized spacial score (nSPS) is 11.2. The van der Waals surface area contributed by atoms with Gasteiger partial charge >= 0.3 is 0 Å². The molecular formula is C15H17N3O4S2. The van der Waals surface area contributed by atoms with Gasteiger partial charge in [0.25, 0.3) is 5.91 Å². The summed E-state index contributed by atoms with van der Waals surface area (Å²) >= 11 is 1.30. The van der Waals surface area contributed by atoms with Gasteiger partial charge < -0.3 is 11.1 Å². The molecule has 0 saturated carbocycles. The molecule has 2 rings (SSSR count). The maximum Gasteiger partial charge on any atom is 0.265 e. The fourth-order valence-electron chi connectivity index (χ4n) is 1.90. The molecule has 128 valence electrons. The van der Waals surface area contributed by atoms with Crippen LogP contribution in [0.4, 0.5) is 5.69 Å². The lowest BCUT2D eigenvalue weighted by Crippen LogP contribution is -2.24. The zero-order valence-corrected chi connectivity index (χ0v) is 14.5. The van der Waals surface area contributed by atoms with E-state index in [-0.39, 0.29) is 12.5 Å². The lowest BCUT2D eigenvalue weighted by Gasteiger charge is -2.04. The zero-order chi connectivity index (χ0) is 17.7. The van der Waals surface area contributed by atoms with Gasteiger partial charge in [-0.1, -0.05) is 0 Å². The Morgan fingerprint density at radius 1 is 1.12 bits per heavy atom. The third kappa shape index (κ3) is 5.44. The molecule has 0 bridgehead atoms. The van der Waals surface area contributed by atoms with Gasteiger partial charge in [0.15, 0.2) is 0 Å². The summed E-state index contributed by atoms with van der Waals surface area (Å²) < 4.78 is 24.4. The molecule has 0 spiro atoms. The molecule has 0 atom stereocenters. The predicted octanol–water partition coefficient (Wildman–Crippen LogP) is 1.19. The van der Waals surface area contributed by atoms with Crippen LogP contribution in [0.15, 0.2) is 36.4 Å². The number of primary amides is 1. The van der Waals surface area contributed by atoms with Gasteiger partial charge in [-0.2, -0.15) is 0 Å². The average Bonchev–Trinajstić information content (AvgIpc) is 2.95. The Hall–Kier alpha value is -2.23. The molecule has 1 aromatic carbocycles. The van der Waals surface area contributed by atoms with Crippen molar-refractivity contribution in [3.8, 4) is 0 Å². The van der Waals surface area contributed by atoms with Crippen molar-refractivity contribution in [2.24, 2.45) is 5.73 Å².